The maximum atomic E-state index is 12.5. The molecule has 3 aromatic carbocycles. The molecule has 4 nitrogen and oxygen atoms in total. The molecule has 6 heteroatoms. The molecule has 0 aliphatic heterocycles. The van der Waals surface area contributed by atoms with Crippen molar-refractivity contribution in [3.63, 3.8) is 0 Å². The molecule has 0 spiro atoms. The lowest BCUT2D eigenvalue weighted by Gasteiger charge is -2.07. The van der Waals surface area contributed by atoms with Gasteiger partial charge in [0.05, 0.1) is 5.56 Å². The number of esters is 1. The summed E-state index contributed by atoms with van der Waals surface area (Å²) in [5.74, 6) is 0.630. The van der Waals surface area contributed by atoms with Gasteiger partial charge < -0.3 is 9.15 Å². The number of thioether (sulfide) groups is 1. The highest BCUT2D eigenvalue weighted by atomic mass is 35.5. The average molecular weight is 437 g/mol. The van der Waals surface area contributed by atoms with Gasteiger partial charge in [-0.2, -0.15) is 0 Å². The monoisotopic (exact) mass is 436 g/mol. The van der Waals surface area contributed by atoms with E-state index in [9.17, 15) is 9.59 Å². The van der Waals surface area contributed by atoms with Gasteiger partial charge >= 0.3 is 11.6 Å². The fraction of sp³-hybridized carbons (Fsp3) is 0.0833. The molecule has 150 valence electrons. The summed E-state index contributed by atoms with van der Waals surface area (Å²) in [4.78, 5) is 25.2. The number of halogens is 1. The lowest BCUT2D eigenvalue weighted by atomic mass is 10.1. The van der Waals surface area contributed by atoms with Gasteiger partial charge in [-0.1, -0.05) is 23.7 Å². The summed E-state index contributed by atoms with van der Waals surface area (Å²) in [5.41, 5.74) is 2.30. The molecule has 0 bridgehead atoms. The minimum atomic E-state index is -0.471. The standard InChI is InChI=1S/C24H17ClO4S/c1-15-12-23(26)29-22-13-19(8-11-21(15)22)28-24(27)17-4-2-16(3-5-17)14-30-20-9-6-18(25)7-10-20/h2-13H,14H2,1H3. The molecule has 1 heterocycles. The highest BCUT2D eigenvalue weighted by Crippen LogP contribution is 2.25. The minimum Gasteiger partial charge on any atom is -0.423 e. The first-order valence-corrected chi connectivity index (χ1v) is 10.6. The third kappa shape index (κ3) is 4.75. The predicted molar refractivity (Wildman–Crippen MR) is 120 cm³/mol. The van der Waals surface area contributed by atoms with Crippen LogP contribution in [0.4, 0.5) is 0 Å². The first-order chi connectivity index (χ1) is 14.5. The van der Waals surface area contributed by atoms with Gasteiger partial charge in [0.1, 0.15) is 11.3 Å². The number of fused-ring (bicyclic) bond motifs is 1. The Bertz CT molecular complexity index is 1260. The zero-order valence-corrected chi connectivity index (χ0v) is 17.6. The van der Waals surface area contributed by atoms with Crippen LogP contribution in [0.1, 0.15) is 21.5 Å². The van der Waals surface area contributed by atoms with E-state index in [4.69, 9.17) is 20.8 Å². The summed E-state index contributed by atoms with van der Waals surface area (Å²) in [7, 11) is 0. The average Bonchev–Trinajstić information content (AvgIpc) is 2.73. The van der Waals surface area contributed by atoms with Gasteiger partial charge in [-0.25, -0.2) is 9.59 Å². The molecular weight excluding hydrogens is 420 g/mol. The first kappa shape index (κ1) is 20.3. The lowest BCUT2D eigenvalue weighted by molar-refractivity contribution is 0.0735. The smallest absolute Gasteiger partial charge is 0.343 e. The van der Waals surface area contributed by atoms with Crippen molar-refractivity contribution in [2.45, 2.75) is 17.6 Å². The van der Waals surface area contributed by atoms with E-state index in [-0.39, 0.29) is 0 Å². The Morgan fingerprint density at radius 1 is 1.00 bits per heavy atom. The van der Waals surface area contributed by atoms with Crippen LogP contribution in [0.15, 0.2) is 86.9 Å². The van der Waals surface area contributed by atoms with Crippen LogP contribution in [0.25, 0.3) is 11.0 Å². The van der Waals surface area contributed by atoms with Crippen molar-refractivity contribution in [2.24, 2.45) is 0 Å². The van der Waals surface area contributed by atoms with Gasteiger partial charge in [-0.15, -0.1) is 11.8 Å². The zero-order chi connectivity index (χ0) is 21.1. The molecule has 0 unspecified atom stereocenters. The Kier molecular flexibility index (Phi) is 5.93. The molecule has 30 heavy (non-hydrogen) atoms. The summed E-state index contributed by atoms with van der Waals surface area (Å²) in [6.07, 6.45) is 0. The van der Waals surface area contributed by atoms with Gasteiger partial charge in [0.2, 0.25) is 0 Å². The molecule has 1 aromatic heterocycles. The van der Waals surface area contributed by atoms with Crippen LogP contribution in [-0.2, 0) is 5.75 Å². The largest absolute Gasteiger partial charge is 0.423 e. The molecular formula is C24H17ClO4S. The van der Waals surface area contributed by atoms with Gasteiger partial charge in [0.25, 0.3) is 0 Å². The Hall–Kier alpha value is -3.02. The molecule has 0 aliphatic rings. The van der Waals surface area contributed by atoms with E-state index in [1.807, 2.05) is 43.3 Å². The van der Waals surface area contributed by atoms with Crippen LogP contribution in [0.3, 0.4) is 0 Å². The molecule has 0 atom stereocenters. The Morgan fingerprint density at radius 3 is 2.47 bits per heavy atom. The quantitative estimate of drug-likeness (QED) is 0.160. The van der Waals surface area contributed by atoms with Crippen molar-refractivity contribution in [1.29, 1.82) is 0 Å². The molecule has 0 aliphatic carbocycles. The van der Waals surface area contributed by atoms with Crippen LogP contribution in [0, 0.1) is 6.92 Å². The number of benzene rings is 3. The third-order valence-electron chi connectivity index (χ3n) is 4.54. The van der Waals surface area contributed by atoms with Crippen molar-refractivity contribution in [3.05, 3.63) is 105 Å². The van der Waals surface area contributed by atoms with E-state index in [0.717, 1.165) is 27.2 Å². The van der Waals surface area contributed by atoms with Crippen molar-refractivity contribution in [1.82, 2.24) is 0 Å². The first-order valence-electron chi connectivity index (χ1n) is 9.22. The lowest BCUT2D eigenvalue weighted by Crippen LogP contribution is -2.08. The van der Waals surface area contributed by atoms with Crippen molar-refractivity contribution in [3.8, 4) is 5.75 Å². The Labute approximate surface area is 182 Å². The molecule has 0 saturated carbocycles. The topological polar surface area (TPSA) is 56.5 Å². The highest BCUT2D eigenvalue weighted by Gasteiger charge is 2.11. The summed E-state index contributed by atoms with van der Waals surface area (Å²) in [5, 5.41) is 1.52. The Morgan fingerprint density at radius 2 is 1.73 bits per heavy atom. The number of hydrogen-bond donors (Lipinski definition) is 0. The number of rotatable bonds is 5. The molecule has 0 saturated heterocycles. The van der Waals surface area contributed by atoms with Gasteiger partial charge in [-0.3, -0.25) is 0 Å². The van der Waals surface area contributed by atoms with Crippen LogP contribution < -0.4 is 10.4 Å². The number of ether oxygens (including phenoxy) is 1. The van der Waals surface area contributed by atoms with Gasteiger partial charge in [0, 0.05) is 33.2 Å². The van der Waals surface area contributed by atoms with Crippen LogP contribution in [-0.4, -0.2) is 5.97 Å². The maximum absolute atomic E-state index is 12.5. The van der Waals surface area contributed by atoms with E-state index in [0.29, 0.717) is 21.9 Å². The fourth-order valence-electron chi connectivity index (χ4n) is 2.97. The molecule has 0 radical (unpaired) electrons. The normalized spacial score (nSPS) is 10.9. The van der Waals surface area contributed by atoms with Crippen molar-refractivity contribution in [2.75, 3.05) is 0 Å². The number of carbonyl (C=O) groups is 1. The van der Waals surface area contributed by atoms with Crippen molar-refractivity contribution >= 4 is 40.3 Å². The number of hydrogen-bond acceptors (Lipinski definition) is 5. The van der Waals surface area contributed by atoms with E-state index >= 15 is 0 Å². The Balaban J connectivity index is 1.43. The van der Waals surface area contributed by atoms with E-state index < -0.39 is 11.6 Å². The third-order valence-corrected chi connectivity index (χ3v) is 5.88. The van der Waals surface area contributed by atoms with Crippen LogP contribution in [0.2, 0.25) is 5.02 Å². The molecule has 0 fully saturated rings. The second kappa shape index (κ2) is 8.78. The number of carbonyl (C=O) groups excluding carboxylic acids is 1. The molecule has 0 N–H and O–H groups in total. The summed E-state index contributed by atoms with van der Waals surface area (Å²) in [6.45, 7) is 1.83. The fourth-order valence-corrected chi connectivity index (χ4v) is 3.95. The van der Waals surface area contributed by atoms with Crippen LogP contribution >= 0.6 is 23.4 Å². The van der Waals surface area contributed by atoms with Gasteiger partial charge in [0.15, 0.2) is 0 Å². The summed E-state index contributed by atoms with van der Waals surface area (Å²) >= 11 is 7.60. The SMILES string of the molecule is Cc1cc(=O)oc2cc(OC(=O)c3ccc(CSc4ccc(Cl)cc4)cc3)ccc12. The zero-order valence-electron chi connectivity index (χ0n) is 16.1. The molecule has 4 aromatic rings. The second-order valence-electron chi connectivity index (χ2n) is 6.74. The van der Waals surface area contributed by atoms with E-state index in [1.54, 1.807) is 42.1 Å². The molecule has 0 amide bonds. The minimum absolute atomic E-state index is 0.323. The summed E-state index contributed by atoms with van der Waals surface area (Å²) in [6, 6.07) is 21.4. The summed E-state index contributed by atoms with van der Waals surface area (Å²) < 4.78 is 10.6. The predicted octanol–water partition coefficient (Wildman–Crippen LogP) is 6.27. The molecule has 4 rings (SSSR count). The maximum Gasteiger partial charge on any atom is 0.343 e. The highest BCUT2D eigenvalue weighted by molar-refractivity contribution is 7.98. The second-order valence-corrected chi connectivity index (χ2v) is 8.22. The van der Waals surface area contributed by atoms with Crippen LogP contribution in [0.5, 0.6) is 5.75 Å². The van der Waals surface area contributed by atoms with Gasteiger partial charge in [-0.05, 0) is 66.6 Å². The van der Waals surface area contributed by atoms with E-state index in [2.05, 4.69) is 0 Å². The van der Waals surface area contributed by atoms with Crippen molar-refractivity contribution < 1.29 is 13.9 Å². The van der Waals surface area contributed by atoms with E-state index in [1.165, 1.54) is 6.07 Å². The number of aryl methyl sites for hydroxylation is 1.